The second-order valence-corrected chi connectivity index (χ2v) is 9.89. The molecule has 0 aromatic rings. The maximum atomic E-state index is 12.0. The Kier molecular flexibility index (Phi) is 20.9. The maximum Gasteiger partial charge on any atom is 0.222 e. The van der Waals surface area contributed by atoms with Gasteiger partial charge in [-0.25, -0.2) is 0 Å². The highest BCUT2D eigenvalue weighted by molar-refractivity contribution is 5.76. The zero-order valence-corrected chi connectivity index (χ0v) is 21.6. The summed E-state index contributed by atoms with van der Waals surface area (Å²) in [6.07, 6.45) is 38.0. The van der Waals surface area contributed by atoms with Crippen LogP contribution in [0.1, 0.15) is 148 Å². The van der Waals surface area contributed by atoms with Crippen LogP contribution in [0.5, 0.6) is 0 Å². The third-order valence-corrected chi connectivity index (χ3v) is 6.78. The van der Waals surface area contributed by atoms with Crippen LogP contribution >= 0.6 is 0 Å². The van der Waals surface area contributed by atoms with Crippen molar-refractivity contribution in [2.24, 2.45) is 0 Å². The van der Waals surface area contributed by atoms with Gasteiger partial charge in [-0.15, -0.1) is 0 Å². The summed E-state index contributed by atoms with van der Waals surface area (Å²) in [5, 5.41) is 0. The van der Waals surface area contributed by atoms with Crippen molar-refractivity contribution in [3.63, 3.8) is 0 Å². The first-order valence-corrected chi connectivity index (χ1v) is 14.4. The summed E-state index contributed by atoms with van der Waals surface area (Å²) >= 11 is 0. The van der Waals surface area contributed by atoms with E-state index in [0.29, 0.717) is 5.91 Å². The van der Waals surface area contributed by atoms with E-state index < -0.39 is 0 Å². The summed E-state index contributed by atoms with van der Waals surface area (Å²) in [5.41, 5.74) is 0. The SMILES string of the molecule is CCCCCCCCCCCCCCCC/C=C\CC/C=C\CCCC(=O)N1CCCC1. The summed E-state index contributed by atoms with van der Waals surface area (Å²) < 4.78 is 0. The average molecular weight is 446 g/mol. The number of likely N-dealkylation sites (tertiary alicyclic amines) is 1. The van der Waals surface area contributed by atoms with Crippen molar-refractivity contribution in [3.05, 3.63) is 24.3 Å². The molecule has 1 amide bonds. The van der Waals surface area contributed by atoms with Crippen LogP contribution in [0.4, 0.5) is 0 Å². The van der Waals surface area contributed by atoms with Gasteiger partial charge in [0.05, 0.1) is 0 Å². The van der Waals surface area contributed by atoms with Crippen LogP contribution in [0, 0.1) is 0 Å². The molecule has 32 heavy (non-hydrogen) atoms. The fourth-order valence-corrected chi connectivity index (χ4v) is 4.62. The average Bonchev–Trinajstić information content (AvgIpc) is 3.34. The minimum Gasteiger partial charge on any atom is -0.343 e. The molecule has 1 aliphatic heterocycles. The number of unbranched alkanes of at least 4 members (excludes halogenated alkanes) is 16. The molecule has 2 heteroatoms. The molecule has 0 aromatic carbocycles. The Balaban J connectivity index is 1.73. The Bertz CT molecular complexity index is 461. The van der Waals surface area contributed by atoms with E-state index in [0.717, 1.165) is 45.2 Å². The molecule has 0 spiro atoms. The lowest BCUT2D eigenvalue weighted by Gasteiger charge is -2.14. The number of nitrogens with zero attached hydrogens (tertiary/aromatic N) is 1. The fourth-order valence-electron chi connectivity index (χ4n) is 4.62. The Hall–Kier alpha value is -1.05. The van der Waals surface area contributed by atoms with Gasteiger partial charge in [-0.1, -0.05) is 115 Å². The summed E-state index contributed by atoms with van der Waals surface area (Å²) in [4.78, 5) is 14.0. The minimum absolute atomic E-state index is 0.363. The third kappa shape index (κ3) is 18.5. The van der Waals surface area contributed by atoms with Crippen molar-refractivity contribution in [1.29, 1.82) is 0 Å². The number of carbonyl (C=O) groups excluding carboxylic acids is 1. The third-order valence-electron chi connectivity index (χ3n) is 6.78. The summed E-state index contributed by atoms with van der Waals surface area (Å²) in [5.74, 6) is 0.363. The first-order chi connectivity index (χ1) is 15.8. The highest BCUT2D eigenvalue weighted by Crippen LogP contribution is 2.14. The normalized spacial score (nSPS) is 14.3. The van der Waals surface area contributed by atoms with Crippen LogP contribution in [0.15, 0.2) is 24.3 Å². The van der Waals surface area contributed by atoms with Gasteiger partial charge in [0.2, 0.25) is 5.91 Å². The molecular formula is C30H55NO. The number of allylic oxidation sites excluding steroid dienone is 4. The lowest BCUT2D eigenvalue weighted by Crippen LogP contribution is -2.27. The second kappa shape index (κ2) is 23.1. The van der Waals surface area contributed by atoms with Crippen LogP contribution in [0.2, 0.25) is 0 Å². The highest BCUT2D eigenvalue weighted by Gasteiger charge is 2.16. The molecule has 0 aliphatic carbocycles. The standard InChI is InChI=1S/C30H55NO/c1-2-3-4-5-6-7-8-9-10-11-12-13-14-15-16-17-18-19-20-21-22-23-24-27-30(32)31-28-25-26-29-31/h17-18,21-22H,2-16,19-20,23-29H2,1H3/b18-17-,22-21-. The zero-order chi connectivity index (χ0) is 23.0. The van der Waals surface area contributed by atoms with Crippen molar-refractivity contribution >= 4 is 5.91 Å². The molecule has 1 aliphatic rings. The predicted molar refractivity (Wildman–Crippen MR) is 142 cm³/mol. The molecule has 1 rings (SSSR count). The summed E-state index contributed by atoms with van der Waals surface area (Å²) in [6, 6.07) is 0. The van der Waals surface area contributed by atoms with Gasteiger partial charge in [-0.3, -0.25) is 4.79 Å². The molecule has 1 fully saturated rings. The first-order valence-electron chi connectivity index (χ1n) is 14.4. The Morgan fingerprint density at radius 2 is 0.969 bits per heavy atom. The van der Waals surface area contributed by atoms with Gasteiger partial charge in [-0.2, -0.15) is 0 Å². The van der Waals surface area contributed by atoms with Gasteiger partial charge in [0, 0.05) is 19.5 Å². The molecule has 0 N–H and O–H groups in total. The van der Waals surface area contributed by atoms with E-state index in [9.17, 15) is 4.79 Å². The van der Waals surface area contributed by atoms with Crippen LogP contribution in [0.3, 0.4) is 0 Å². The summed E-state index contributed by atoms with van der Waals surface area (Å²) in [6.45, 7) is 4.27. The van der Waals surface area contributed by atoms with Gasteiger partial charge in [-0.05, 0) is 51.4 Å². The number of amides is 1. The summed E-state index contributed by atoms with van der Waals surface area (Å²) in [7, 11) is 0. The van der Waals surface area contributed by atoms with Crippen LogP contribution in [-0.4, -0.2) is 23.9 Å². The largest absolute Gasteiger partial charge is 0.343 e. The molecule has 1 heterocycles. The van der Waals surface area contributed by atoms with E-state index in [4.69, 9.17) is 0 Å². The first kappa shape index (κ1) is 29.0. The monoisotopic (exact) mass is 445 g/mol. The molecule has 0 unspecified atom stereocenters. The second-order valence-electron chi connectivity index (χ2n) is 9.89. The van der Waals surface area contributed by atoms with Crippen molar-refractivity contribution < 1.29 is 4.79 Å². The minimum atomic E-state index is 0.363. The molecule has 186 valence electrons. The topological polar surface area (TPSA) is 20.3 Å². The molecule has 2 nitrogen and oxygen atoms in total. The Labute approximate surface area is 201 Å². The van der Waals surface area contributed by atoms with Crippen molar-refractivity contribution in [2.75, 3.05) is 13.1 Å². The zero-order valence-electron chi connectivity index (χ0n) is 21.6. The van der Waals surface area contributed by atoms with E-state index in [1.807, 2.05) is 4.90 Å². The van der Waals surface area contributed by atoms with Gasteiger partial charge in [0.15, 0.2) is 0 Å². The number of rotatable bonds is 22. The van der Waals surface area contributed by atoms with E-state index in [1.165, 1.54) is 109 Å². The van der Waals surface area contributed by atoms with E-state index in [-0.39, 0.29) is 0 Å². The quantitative estimate of drug-likeness (QED) is 0.120. The fraction of sp³-hybridized carbons (Fsp3) is 0.833. The van der Waals surface area contributed by atoms with Crippen molar-refractivity contribution in [3.8, 4) is 0 Å². The number of carbonyl (C=O) groups is 1. The molecule has 0 atom stereocenters. The molecular weight excluding hydrogens is 390 g/mol. The molecule has 0 saturated carbocycles. The van der Waals surface area contributed by atoms with Crippen molar-refractivity contribution in [2.45, 2.75) is 148 Å². The molecule has 1 saturated heterocycles. The smallest absolute Gasteiger partial charge is 0.222 e. The van der Waals surface area contributed by atoms with Gasteiger partial charge >= 0.3 is 0 Å². The number of hydrogen-bond donors (Lipinski definition) is 0. The Morgan fingerprint density at radius 3 is 1.47 bits per heavy atom. The number of hydrogen-bond acceptors (Lipinski definition) is 1. The van der Waals surface area contributed by atoms with E-state index >= 15 is 0 Å². The highest BCUT2D eigenvalue weighted by atomic mass is 16.2. The molecule has 0 aromatic heterocycles. The van der Waals surface area contributed by atoms with Gasteiger partial charge < -0.3 is 4.90 Å². The Morgan fingerprint density at radius 1 is 0.562 bits per heavy atom. The van der Waals surface area contributed by atoms with Gasteiger partial charge in [0.25, 0.3) is 0 Å². The predicted octanol–water partition coefficient (Wildman–Crippen LogP) is 9.54. The molecule has 0 bridgehead atoms. The van der Waals surface area contributed by atoms with Crippen molar-refractivity contribution in [1.82, 2.24) is 4.90 Å². The van der Waals surface area contributed by atoms with Crippen LogP contribution in [-0.2, 0) is 4.79 Å². The lowest BCUT2D eigenvalue weighted by molar-refractivity contribution is -0.130. The lowest BCUT2D eigenvalue weighted by atomic mass is 10.0. The van der Waals surface area contributed by atoms with Gasteiger partial charge in [0.1, 0.15) is 0 Å². The maximum absolute atomic E-state index is 12.0. The van der Waals surface area contributed by atoms with Crippen LogP contribution < -0.4 is 0 Å². The van der Waals surface area contributed by atoms with Crippen LogP contribution in [0.25, 0.3) is 0 Å². The van der Waals surface area contributed by atoms with E-state index in [2.05, 4.69) is 31.2 Å². The molecule has 0 radical (unpaired) electrons. The van der Waals surface area contributed by atoms with E-state index in [1.54, 1.807) is 0 Å².